The van der Waals surface area contributed by atoms with Gasteiger partial charge in [-0.3, -0.25) is 0 Å². The zero-order chi connectivity index (χ0) is 21.5. The van der Waals surface area contributed by atoms with Gasteiger partial charge in [0.05, 0.1) is 36.6 Å². The fourth-order valence-corrected chi connectivity index (χ4v) is 4.00. The maximum Gasteiger partial charge on any atom is 0.165 e. The van der Waals surface area contributed by atoms with Crippen molar-refractivity contribution in [2.75, 3.05) is 25.6 Å². The van der Waals surface area contributed by atoms with Gasteiger partial charge in [0.15, 0.2) is 29.6 Å². The first-order valence-electron chi connectivity index (χ1n) is 9.63. The van der Waals surface area contributed by atoms with Crippen LogP contribution in [-0.4, -0.2) is 54.8 Å². The molecule has 31 heavy (non-hydrogen) atoms. The Balaban J connectivity index is 1.47. The third-order valence-electron chi connectivity index (χ3n) is 5.35. The van der Waals surface area contributed by atoms with E-state index in [1.165, 1.54) is 19.5 Å². The molecule has 0 unspecified atom stereocenters. The van der Waals surface area contributed by atoms with E-state index in [1.54, 1.807) is 24.3 Å². The van der Waals surface area contributed by atoms with E-state index in [4.69, 9.17) is 30.5 Å². The van der Waals surface area contributed by atoms with E-state index in [2.05, 4.69) is 15.3 Å². The second-order valence-corrected chi connectivity index (χ2v) is 7.64. The fourth-order valence-electron chi connectivity index (χ4n) is 3.82. The summed E-state index contributed by atoms with van der Waals surface area (Å²) in [5.41, 5.74) is 0.724. The molecular formula is C21H18ClF2N3O4. The summed E-state index contributed by atoms with van der Waals surface area (Å²) >= 11 is 5.87. The van der Waals surface area contributed by atoms with Crippen molar-refractivity contribution < 1.29 is 27.7 Å². The third kappa shape index (κ3) is 3.62. The Hall–Kier alpha value is -2.75. The van der Waals surface area contributed by atoms with E-state index in [-0.39, 0.29) is 23.9 Å². The van der Waals surface area contributed by atoms with Gasteiger partial charge in [0.2, 0.25) is 0 Å². The summed E-state index contributed by atoms with van der Waals surface area (Å²) in [4.78, 5) is 8.51. The van der Waals surface area contributed by atoms with E-state index in [9.17, 15) is 8.78 Å². The first-order chi connectivity index (χ1) is 15.0. The highest BCUT2D eigenvalue weighted by molar-refractivity contribution is 6.31. The molecule has 0 spiro atoms. The van der Waals surface area contributed by atoms with Crippen LogP contribution in [0.1, 0.15) is 0 Å². The lowest BCUT2D eigenvalue weighted by molar-refractivity contribution is 0.0271. The van der Waals surface area contributed by atoms with Crippen molar-refractivity contribution in [3.8, 4) is 11.5 Å². The van der Waals surface area contributed by atoms with Crippen LogP contribution in [0.5, 0.6) is 11.5 Å². The molecule has 0 radical (unpaired) electrons. The Morgan fingerprint density at radius 2 is 1.97 bits per heavy atom. The van der Waals surface area contributed by atoms with E-state index in [1.807, 2.05) is 0 Å². The maximum absolute atomic E-state index is 14.3. The van der Waals surface area contributed by atoms with Crippen molar-refractivity contribution in [3.63, 3.8) is 0 Å². The lowest BCUT2D eigenvalue weighted by Crippen LogP contribution is -2.33. The molecule has 5 rings (SSSR count). The Labute approximate surface area is 181 Å². The first kappa shape index (κ1) is 20.2. The molecule has 4 atom stereocenters. The molecule has 7 nitrogen and oxygen atoms in total. The zero-order valence-corrected chi connectivity index (χ0v) is 17.1. The molecule has 0 aliphatic carbocycles. The fraction of sp³-hybridized carbons (Fsp3) is 0.333. The van der Waals surface area contributed by atoms with E-state index in [0.717, 1.165) is 0 Å². The lowest BCUT2D eigenvalue weighted by Gasteiger charge is -2.20. The highest BCUT2D eigenvalue weighted by Crippen LogP contribution is 2.38. The standard InChI is InChI=1S/C21H18ClF2N3O4/c1-28-15-5-10-14(6-16(15)31-17-8-30-19-12(23)7-29-20(17)19)25-9-26-21(10)27-13-4-2-3-11(22)18(13)24/h2-6,9,12,17,19-20H,7-8H2,1H3,(H,25,26,27)/t12-,17-,19+,20+/m0/s1. The predicted molar refractivity (Wildman–Crippen MR) is 110 cm³/mol. The summed E-state index contributed by atoms with van der Waals surface area (Å²) in [5, 5.41) is 3.54. The smallest absolute Gasteiger partial charge is 0.165 e. The number of halogens is 3. The first-order valence-corrected chi connectivity index (χ1v) is 10.0. The molecule has 1 N–H and O–H groups in total. The molecule has 2 aliphatic heterocycles. The minimum atomic E-state index is -1.16. The topological polar surface area (TPSA) is 74.7 Å². The second kappa shape index (κ2) is 8.07. The normalized spacial score (nSPS) is 24.9. The molecule has 0 saturated carbocycles. The van der Waals surface area contributed by atoms with Crippen LogP contribution in [0.25, 0.3) is 10.9 Å². The number of aromatic nitrogens is 2. The highest BCUT2D eigenvalue weighted by atomic mass is 35.5. The van der Waals surface area contributed by atoms with Gasteiger partial charge >= 0.3 is 0 Å². The Kier molecular flexibility index (Phi) is 5.25. The predicted octanol–water partition coefficient (Wildman–Crippen LogP) is 4.06. The molecule has 2 saturated heterocycles. The number of benzene rings is 2. The van der Waals surface area contributed by atoms with Crippen LogP contribution in [0, 0.1) is 5.82 Å². The van der Waals surface area contributed by atoms with Crippen LogP contribution < -0.4 is 14.8 Å². The molecule has 0 amide bonds. The quantitative estimate of drug-likeness (QED) is 0.629. The number of hydrogen-bond acceptors (Lipinski definition) is 7. The molecule has 2 fully saturated rings. The molecule has 10 heteroatoms. The van der Waals surface area contributed by atoms with Crippen LogP contribution in [0.15, 0.2) is 36.7 Å². The van der Waals surface area contributed by atoms with Crippen molar-refractivity contribution in [1.29, 1.82) is 0 Å². The van der Waals surface area contributed by atoms with Crippen LogP contribution in [0.4, 0.5) is 20.3 Å². The summed E-state index contributed by atoms with van der Waals surface area (Å²) in [6, 6.07) is 8.03. The van der Waals surface area contributed by atoms with E-state index < -0.39 is 30.3 Å². The summed E-state index contributed by atoms with van der Waals surface area (Å²) in [5.74, 6) is 0.616. The van der Waals surface area contributed by atoms with Crippen LogP contribution in [-0.2, 0) is 9.47 Å². The number of fused-ring (bicyclic) bond motifs is 2. The Morgan fingerprint density at radius 3 is 2.81 bits per heavy atom. The average molecular weight is 450 g/mol. The van der Waals surface area contributed by atoms with E-state index >= 15 is 0 Å². The lowest BCUT2D eigenvalue weighted by atomic mass is 10.1. The SMILES string of the molecule is COc1cc2c(Nc3cccc(Cl)c3F)ncnc2cc1O[C@H]1CO[C@H]2[C@@H]1OC[C@@H]2F. The van der Waals surface area contributed by atoms with Gasteiger partial charge in [-0.05, 0) is 18.2 Å². The van der Waals surface area contributed by atoms with Crippen molar-refractivity contribution in [2.45, 2.75) is 24.5 Å². The van der Waals surface area contributed by atoms with Crippen LogP contribution in [0.3, 0.4) is 0 Å². The zero-order valence-electron chi connectivity index (χ0n) is 16.3. The van der Waals surface area contributed by atoms with Gasteiger partial charge in [-0.1, -0.05) is 17.7 Å². The minimum absolute atomic E-state index is 0.00151. The number of nitrogens with one attached hydrogen (secondary N) is 1. The number of methoxy groups -OCH3 is 1. The maximum atomic E-state index is 14.3. The van der Waals surface area contributed by atoms with Crippen molar-refractivity contribution >= 4 is 34.0 Å². The van der Waals surface area contributed by atoms with Crippen LogP contribution in [0.2, 0.25) is 5.02 Å². The second-order valence-electron chi connectivity index (χ2n) is 7.24. The summed E-state index contributed by atoms with van der Waals surface area (Å²) < 4.78 is 50.7. The Morgan fingerprint density at radius 1 is 1.13 bits per heavy atom. The van der Waals surface area contributed by atoms with Gasteiger partial charge < -0.3 is 24.3 Å². The van der Waals surface area contributed by atoms with Gasteiger partial charge in [-0.15, -0.1) is 0 Å². The molecule has 0 bridgehead atoms. The molecule has 3 heterocycles. The largest absolute Gasteiger partial charge is 0.493 e. The van der Waals surface area contributed by atoms with Gasteiger partial charge in [-0.2, -0.15) is 0 Å². The highest BCUT2D eigenvalue weighted by Gasteiger charge is 2.49. The summed E-state index contributed by atoms with van der Waals surface area (Å²) in [6.45, 7) is 0.202. The van der Waals surface area contributed by atoms with E-state index in [0.29, 0.717) is 28.2 Å². The summed E-state index contributed by atoms with van der Waals surface area (Å²) in [7, 11) is 1.50. The van der Waals surface area contributed by atoms with Gasteiger partial charge in [0.1, 0.15) is 24.4 Å². The summed E-state index contributed by atoms with van der Waals surface area (Å²) in [6.07, 6.45) is -1.39. The monoisotopic (exact) mass is 449 g/mol. The van der Waals surface area contributed by atoms with Crippen molar-refractivity contribution in [3.05, 3.63) is 47.5 Å². The average Bonchev–Trinajstić information content (AvgIpc) is 3.34. The minimum Gasteiger partial charge on any atom is -0.493 e. The van der Waals surface area contributed by atoms with Gasteiger partial charge in [-0.25, -0.2) is 18.7 Å². The number of nitrogens with zero attached hydrogens (tertiary/aromatic N) is 2. The molecule has 2 aromatic carbocycles. The molecule has 3 aromatic rings. The van der Waals surface area contributed by atoms with Gasteiger partial charge in [0.25, 0.3) is 0 Å². The number of anilines is 2. The Bertz CT molecular complexity index is 1140. The third-order valence-corrected chi connectivity index (χ3v) is 5.64. The molecule has 2 aliphatic rings. The molecule has 1 aromatic heterocycles. The van der Waals surface area contributed by atoms with Gasteiger partial charge in [0, 0.05) is 11.5 Å². The number of rotatable bonds is 5. The van der Waals surface area contributed by atoms with Crippen molar-refractivity contribution in [2.24, 2.45) is 0 Å². The molecular weight excluding hydrogens is 432 g/mol. The molecule has 162 valence electrons. The number of ether oxygens (including phenoxy) is 4. The number of hydrogen-bond donors (Lipinski definition) is 1. The van der Waals surface area contributed by atoms with Crippen molar-refractivity contribution in [1.82, 2.24) is 9.97 Å². The van der Waals surface area contributed by atoms with Crippen LogP contribution >= 0.6 is 11.6 Å². The number of alkyl halides is 1.